The van der Waals surface area contributed by atoms with E-state index in [9.17, 15) is 4.79 Å². The third-order valence-electron chi connectivity index (χ3n) is 2.91. The molecule has 0 radical (unpaired) electrons. The Bertz CT molecular complexity index is 704. The van der Waals surface area contributed by atoms with Crippen LogP contribution in [0.25, 0.3) is 16.9 Å². The van der Waals surface area contributed by atoms with Crippen LogP contribution >= 0.6 is 0 Å². The zero-order valence-corrected chi connectivity index (χ0v) is 10.1. The maximum absolute atomic E-state index is 11.1. The highest BCUT2D eigenvalue weighted by Gasteiger charge is 2.11. The number of hydrogen-bond donors (Lipinski definition) is 0. The molecule has 0 aliphatic heterocycles. The summed E-state index contributed by atoms with van der Waals surface area (Å²) < 4.78 is 1.72. The Morgan fingerprint density at radius 3 is 2.47 bits per heavy atom. The first-order valence-electron chi connectivity index (χ1n) is 5.91. The summed E-state index contributed by atoms with van der Waals surface area (Å²) in [5.41, 5.74) is 3.16. The van der Waals surface area contributed by atoms with E-state index < -0.39 is 0 Å². The van der Waals surface area contributed by atoms with E-state index in [1.165, 1.54) is 0 Å². The normalized spacial score (nSPS) is 10.3. The quantitative estimate of drug-likeness (QED) is 0.670. The molecule has 0 bridgehead atoms. The van der Waals surface area contributed by atoms with E-state index in [-0.39, 0.29) is 0 Å². The lowest BCUT2D eigenvalue weighted by Gasteiger charge is -2.07. The molecule has 0 atom stereocenters. The predicted molar refractivity (Wildman–Crippen MR) is 72.2 cm³/mol. The lowest BCUT2D eigenvalue weighted by atomic mass is 10.1. The van der Waals surface area contributed by atoms with Gasteiger partial charge in [0, 0.05) is 11.1 Å². The average molecular weight is 249 g/mol. The molecule has 0 saturated carbocycles. The van der Waals surface area contributed by atoms with Crippen molar-refractivity contribution >= 4 is 6.29 Å². The van der Waals surface area contributed by atoms with E-state index in [2.05, 4.69) is 10.3 Å². The number of rotatable bonds is 3. The van der Waals surface area contributed by atoms with Gasteiger partial charge in [0.25, 0.3) is 0 Å². The molecule has 0 amide bonds. The Kier molecular flexibility index (Phi) is 2.90. The summed E-state index contributed by atoms with van der Waals surface area (Å²) in [6.07, 6.45) is 2.51. The van der Waals surface area contributed by atoms with E-state index in [0.717, 1.165) is 23.2 Å². The molecule has 4 heteroatoms. The number of carbonyl (C=O) groups excluding carboxylic acids is 1. The van der Waals surface area contributed by atoms with Crippen LogP contribution < -0.4 is 0 Å². The van der Waals surface area contributed by atoms with Crippen LogP contribution in [0, 0.1) is 0 Å². The number of hydrogen-bond acceptors (Lipinski definition) is 3. The Hall–Kier alpha value is -2.75. The standard InChI is InChI=1S/C15H11N3O/c19-11-12-6-4-5-9-14(12)15-10-16-17-18(15)13-7-2-1-3-8-13/h1-11H. The summed E-state index contributed by atoms with van der Waals surface area (Å²) in [4.78, 5) is 11.1. The van der Waals surface area contributed by atoms with Crippen LogP contribution in [0.4, 0.5) is 0 Å². The first kappa shape index (κ1) is 11.3. The lowest BCUT2D eigenvalue weighted by Crippen LogP contribution is -2.00. The van der Waals surface area contributed by atoms with Gasteiger partial charge in [0.2, 0.25) is 0 Å². The van der Waals surface area contributed by atoms with Crippen molar-refractivity contribution in [1.29, 1.82) is 0 Å². The predicted octanol–water partition coefficient (Wildman–Crippen LogP) is 2.75. The van der Waals surface area contributed by atoms with Crippen LogP contribution in [0.15, 0.2) is 60.8 Å². The maximum atomic E-state index is 11.1. The molecule has 92 valence electrons. The second kappa shape index (κ2) is 4.86. The monoisotopic (exact) mass is 249 g/mol. The summed E-state index contributed by atoms with van der Waals surface area (Å²) in [5, 5.41) is 8.04. The van der Waals surface area contributed by atoms with Gasteiger partial charge in [-0.1, -0.05) is 47.7 Å². The summed E-state index contributed by atoms with van der Waals surface area (Å²) in [6, 6.07) is 17.1. The highest BCUT2D eigenvalue weighted by molar-refractivity contribution is 5.86. The second-order valence-corrected chi connectivity index (χ2v) is 4.07. The average Bonchev–Trinajstić information content (AvgIpc) is 2.97. The third-order valence-corrected chi connectivity index (χ3v) is 2.91. The van der Waals surface area contributed by atoms with Gasteiger partial charge in [-0.3, -0.25) is 4.79 Å². The smallest absolute Gasteiger partial charge is 0.150 e. The summed E-state index contributed by atoms with van der Waals surface area (Å²) in [7, 11) is 0. The van der Waals surface area contributed by atoms with Crippen molar-refractivity contribution in [2.45, 2.75) is 0 Å². The molecule has 4 nitrogen and oxygen atoms in total. The summed E-state index contributed by atoms with van der Waals surface area (Å²) in [5.74, 6) is 0. The minimum atomic E-state index is 0.627. The van der Waals surface area contributed by atoms with Gasteiger partial charge in [0.05, 0.1) is 17.6 Å². The molecule has 0 spiro atoms. The van der Waals surface area contributed by atoms with Gasteiger partial charge in [-0.2, -0.15) is 0 Å². The Morgan fingerprint density at radius 1 is 0.947 bits per heavy atom. The lowest BCUT2D eigenvalue weighted by molar-refractivity contribution is 0.112. The first-order valence-corrected chi connectivity index (χ1v) is 5.91. The van der Waals surface area contributed by atoms with E-state index >= 15 is 0 Å². The second-order valence-electron chi connectivity index (χ2n) is 4.07. The van der Waals surface area contributed by atoms with Gasteiger partial charge in [-0.05, 0) is 12.1 Å². The van der Waals surface area contributed by atoms with E-state index in [0.29, 0.717) is 5.56 Å². The molecule has 1 heterocycles. The molecule has 0 N–H and O–H groups in total. The van der Waals surface area contributed by atoms with Gasteiger partial charge < -0.3 is 0 Å². The minimum Gasteiger partial charge on any atom is -0.298 e. The van der Waals surface area contributed by atoms with Gasteiger partial charge >= 0.3 is 0 Å². The third kappa shape index (κ3) is 2.04. The van der Waals surface area contributed by atoms with Gasteiger partial charge in [-0.15, -0.1) is 5.10 Å². The zero-order chi connectivity index (χ0) is 13.1. The molecule has 3 rings (SSSR count). The van der Waals surface area contributed by atoms with E-state index in [1.54, 1.807) is 16.9 Å². The van der Waals surface area contributed by atoms with Crippen molar-refractivity contribution in [2.75, 3.05) is 0 Å². The Labute approximate surface area is 110 Å². The van der Waals surface area contributed by atoms with Crippen molar-refractivity contribution in [3.05, 3.63) is 66.4 Å². The zero-order valence-electron chi connectivity index (χ0n) is 10.1. The highest BCUT2D eigenvalue weighted by Crippen LogP contribution is 2.23. The fourth-order valence-electron chi connectivity index (χ4n) is 2.01. The van der Waals surface area contributed by atoms with Crippen molar-refractivity contribution in [1.82, 2.24) is 15.0 Å². The van der Waals surface area contributed by atoms with Crippen molar-refractivity contribution in [3.8, 4) is 16.9 Å². The van der Waals surface area contributed by atoms with Crippen LogP contribution in [-0.4, -0.2) is 21.3 Å². The van der Waals surface area contributed by atoms with Crippen molar-refractivity contribution < 1.29 is 4.79 Å². The molecule has 3 aromatic rings. The summed E-state index contributed by atoms with van der Waals surface area (Å²) in [6.45, 7) is 0. The fraction of sp³-hybridized carbons (Fsp3) is 0. The first-order chi connectivity index (χ1) is 9.40. The molecule has 0 saturated heterocycles. The molecular weight excluding hydrogens is 238 g/mol. The molecule has 0 aliphatic carbocycles. The SMILES string of the molecule is O=Cc1ccccc1-c1cnnn1-c1ccccc1. The van der Waals surface area contributed by atoms with Crippen LogP contribution in [0.1, 0.15) is 10.4 Å². The minimum absolute atomic E-state index is 0.627. The number of benzene rings is 2. The molecular formula is C15H11N3O. The maximum Gasteiger partial charge on any atom is 0.150 e. The number of aldehydes is 1. The van der Waals surface area contributed by atoms with Crippen molar-refractivity contribution in [2.24, 2.45) is 0 Å². The van der Waals surface area contributed by atoms with E-state index in [1.807, 2.05) is 48.5 Å². The molecule has 0 fully saturated rings. The number of nitrogens with zero attached hydrogens (tertiary/aromatic N) is 3. The number of para-hydroxylation sites is 1. The Morgan fingerprint density at radius 2 is 1.68 bits per heavy atom. The molecule has 0 unspecified atom stereocenters. The molecule has 2 aromatic carbocycles. The molecule has 19 heavy (non-hydrogen) atoms. The van der Waals surface area contributed by atoms with Crippen LogP contribution in [0.2, 0.25) is 0 Å². The number of carbonyl (C=O) groups is 1. The van der Waals surface area contributed by atoms with E-state index in [4.69, 9.17) is 0 Å². The number of aromatic nitrogens is 3. The van der Waals surface area contributed by atoms with Gasteiger partial charge in [0.15, 0.2) is 6.29 Å². The Balaban J connectivity index is 2.18. The van der Waals surface area contributed by atoms with Gasteiger partial charge in [0.1, 0.15) is 0 Å². The van der Waals surface area contributed by atoms with Crippen LogP contribution in [0.3, 0.4) is 0 Å². The molecule has 1 aromatic heterocycles. The van der Waals surface area contributed by atoms with Crippen molar-refractivity contribution in [3.63, 3.8) is 0 Å². The fourth-order valence-corrected chi connectivity index (χ4v) is 2.01. The topological polar surface area (TPSA) is 47.8 Å². The summed E-state index contributed by atoms with van der Waals surface area (Å²) >= 11 is 0. The molecule has 0 aliphatic rings. The largest absolute Gasteiger partial charge is 0.298 e. The van der Waals surface area contributed by atoms with Crippen LogP contribution in [-0.2, 0) is 0 Å². The highest BCUT2D eigenvalue weighted by atomic mass is 16.1. The van der Waals surface area contributed by atoms with Crippen LogP contribution in [0.5, 0.6) is 0 Å². The van der Waals surface area contributed by atoms with Gasteiger partial charge in [-0.25, -0.2) is 4.68 Å².